The first-order valence-electron chi connectivity index (χ1n) is 6.12. The highest BCUT2D eigenvalue weighted by atomic mass is 19.4. The van der Waals surface area contributed by atoms with Gasteiger partial charge in [0.25, 0.3) is 0 Å². The molecule has 2 N–H and O–H groups in total. The summed E-state index contributed by atoms with van der Waals surface area (Å²) in [7, 11) is 0. The topological polar surface area (TPSA) is 66.8 Å². The van der Waals surface area contributed by atoms with Crippen molar-refractivity contribution in [3.05, 3.63) is 59.2 Å². The summed E-state index contributed by atoms with van der Waals surface area (Å²) >= 11 is 0. The SMILES string of the molecule is O=C(O)c1ccc(COc2cccc(C(F)(F)F)c2)c(O)c1. The summed E-state index contributed by atoms with van der Waals surface area (Å²) in [4.78, 5) is 10.7. The molecular weight excluding hydrogens is 301 g/mol. The molecule has 0 unspecified atom stereocenters. The number of aromatic hydroxyl groups is 1. The van der Waals surface area contributed by atoms with E-state index < -0.39 is 17.7 Å². The van der Waals surface area contributed by atoms with Crippen molar-refractivity contribution < 1.29 is 32.9 Å². The molecule has 0 aromatic heterocycles. The number of carboxylic acid groups (broad SMARTS) is 1. The van der Waals surface area contributed by atoms with Gasteiger partial charge in [-0.25, -0.2) is 4.79 Å². The number of phenolic OH excluding ortho intramolecular Hbond substituents is 1. The minimum Gasteiger partial charge on any atom is -0.508 e. The van der Waals surface area contributed by atoms with Gasteiger partial charge in [-0.2, -0.15) is 13.2 Å². The van der Waals surface area contributed by atoms with Crippen molar-refractivity contribution in [2.45, 2.75) is 12.8 Å². The summed E-state index contributed by atoms with van der Waals surface area (Å²) in [5.74, 6) is -1.50. The van der Waals surface area contributed by atoms with Crippen LogP contribution < -0.4 is 4.74 Å². The number of halogens is 3. The van der Waals surface area contributed by atoms with Crippen LogP contribution in [0.5, 0.6) is 11.5 Å². The number of carbonyl (C=O) groups is 1. The third kappa shape index (κ3) is 3.69. The van der Waals surface area contributed by atoms with Crippen molar-refractivity contribution >= 4 is 5.97 Å². The molecule has 22 heavy (non-hydrogen) atoms. The second-order valence-electron chi connectivity index (χ2n) is 4.46. The van der Waals surface area contributed by atoms with E-state index in [1.807, 2.05) is 0 Å². The molecule has 0 atom stereocenters. The van der Waals surface area contributed by atoms with Crippen LogP contribution in [0.2, 0.25) is 0 Å². The van der Waals surface area contributed by atoms with Gasteiger partial charge in [0.1, 0.15) is 18.1 Å². The molecule has 0 heterocycles. The van der Waals surface area contributed by atoms with Crippen LogP contribution in [0.1, 0.15) is 21.5 Å². The molecule has 0 aliphatic heterocycles. The minimum atomic E-state index is -4.47. The van der Waals surface area contributed by atoms with Gasteiger partial charge >= 0.3 is 12.1 Å². The van der Waals surface area contributed by atoms with Gasteiger partial charge < -0.3 is 14.9 Å². The van der Waals surface area contributed by atoms with Crippen LogP contribution in [-0.2, 0) is 12.8 Å². The zero-order chi connectivity index (χ0) is 16.3. The zero-order valence-corrected chi connectivity index (χ0v) is 11.1. The Hall–Kier alpha value is -2.70. The van der Waals surface area contributed by atoms with E-state index in [0.29, 0.717) is 0 Å². The largest absolute Gasteiger partial charge is 0.508 e. The van der Waals surface area contributed by atoms with E-state index in [0.717, 1.165) is 18.2 Å². The molecular formula is C15H11F3O4. The number of aromatic carboxylic acids is 1. The summed E-state index contributed by atoms with van der Waals surface area (Å²) in [5, 5.41) is 18.4. The summed E-state index contributed by atoms with van der Waals surface area (Å²) in [6.07, 6.45) is -4.47. The lowest BCUT2D eigenvalue weighted by Crippen LogP contribution is -2.05. The van der Waals surface area contributed by atoms with Gasteiger partial charge in [0, 0.05) is 5.56 Å². The van der Waals surface area contributed by atoms with Crippen LogP contribution in [0.25, 0.3) is 0 Å². The number of phenols is 1. The summed E-state index contributed by atoms with van der Waals surface area (Å²) < 4.78 is 42.9. The Balaban J connectivity index is 2.12. The average molecular weight is 312 g/mol. The van der Waals surface area contributed by atoms with Gasteiger partial charge in [-0.15, -0.1) is 0 Å². The predicted molar refractivity (Wildman–Crippen MR) is 70.8 cm³/mol. The second kappa shape index (κ2) is 5.97. The van der Waals surface area contributed by atoms with Crippen molar-refractivity contribution in [3.63, 3.8) is 0 Å². The molecule has 0 spiro atoms. The van der Waals surface area contributed by atoms with Crippen molar-refractivity contribution in [1.82, 2.24) is 0 Å². The van der Waals surface area contributed by atoms with Crippen LogP contribution in [0.15, 0.2) is 42.5 Å². The number of benzene rings is 2. The molecule has 2 rings (SSSR count). The van der Waals surface area contributed by atoms with Crippen LogP contribution in [-0.4, -0.2) is 16.2 Å². The quantitative estimate of drug-likeness (QED) is 0.903. The fourth-order valence-corrected chi connectivity index (χ4v) is 1.74. The third-order valence-corrected chi connectivity index (χ3v) is 2.89. The van der Waals surface area contributed by atoms with E-state index >= 15 is 0 Å². The first kappa shape index (κ1) is 15.7. The Morgan fingerprint density at radius 1 is 1.14 bits per heavy atom. The highest BCUT2D eigenvalue weighted by Crippen LogP contribution is 2.31. The van der Waals surface area contributed by atoms with E-state index in [4.69, 9.17) is 9.84 Å². The van der Waals surface area contributed by atoms with Gasteiger partial charge in [0.2, 0.25) is 0 Å². The molecule has 0 bridgehead atoms. The van der Waals surface area contributed by atoms with Crippen LogP contribution >= 0.6 is 0 Å². The number of carboxylic acids is 1. The molecule has 0 amide bonds. The lowest BCUT2D eigenvalue weighted by Gasteiger charge is -2.11. The van der Waals surface area contributed by atoms with Crippen molar-refractivity contribution in [2.24, 2.45) is 0 Å². The maximum Gasteiger partial charge on any atom is 0.416 e. The molecule has 0 aliphatic carbocycles. The van der Waals surface area contributed by atoms with E-state index in [2.05, 4.69) is 0 Å². The second-order valence-corrected chi connectivity index (χ2v) is 4.46. The highest BCUT2D eigenvalue weighted by Gasteiger charge is 2.30. The molecule has 2 aromatic rings. The lowest BCUT2D eigenvalue weighted by atomic mass is 10.1. The molecule has 0 radical (unpaired) electrons. The van der Waals surface area contributed by atoms with Gasteiger partial charge in [0.05, 0.1) is 11.1 Å². The molecule has 4 nitrogen and oxygen atoms in total. The maximum absolute atomic E-state index is 12.6. The van der Waals surface area contributed by atoms with Crippen molar-refractivity contribution in [3.8, 4) is 11.5 Å². The van der Waals surface area contributed by atoms with Crippen molar-refractivity contribution in [1.29, 1.82) is 0 Å². The number of alkyl halides is 3. The molecule has 0 saturated heterocycles. The molecule has 0 fully saturated rings. The Kier molecular flexibility index (Phi) is 4.25. The lowest BCUT2D eigenvalue weighted by molar-refractivity contribution is -0.137. The number of ether oxygens (including phenoxy) is 1. The molecule has 0 aliphatic rings. The highest BCUT2D eigenvalue weighted by molar-refractivity contribution is 5.88. The monoisotopic (exact) mass is 312 g/mol. The predicted octanol–water partition coefficient (Wildman–Crippen LogP) is 3.69. The first-order chi connectivity index (χ1) is 10.3. The molecule has 0 saturated carbocycles. The van der Waals surface area contributed by atoms with E-state index in [1.165, 1.54) is 24.3 Å². The Morgan fingerprint density at radius 2 is 1.86 bits per heavy atom. The van der Waals surface area contributed by atoms with Gasteiger partial charge in [-0.05, 0) is 30.3 Å². The molecule has 116 valence electrons. The van der Waals surface area contributed by atoms with Crippen molar-refractivity contribution in [2.75, 3.05) is 0 Å². The van der Waals surface area contributed by atoms with Gasteiger partial charge in [0.15, 0.2) is 0 Å². The Bertz CT molecular complexity index is 695. The van der Waals surface area contributed by atoms with Crippen LogP contribution in [0.4, 0.5) is 13.2 Å². The molecule has 2 aromatic carbocycles. The summed E-state index contributed by atoms with van der Waals surface area (Å²) in [6, 6.07) is 8.00. The summed E-state index contributed by atoms with van der Waals surface area (Å²) in [6.45, 7) is -0.187. The molecule has 7 heteroatoms. The fourth-order valence-electron chi connectivity index (χ4n) is 1.74. The fraction of sp³-hybridized carbons (Fsp3) is 0.133. The number of rotatable bonds is 4. The normalized spacial score (nSPS) is 11.2. The standard InChI is InChI=1S/C15H11F3O4/c16-15(17,18)11-2-1-3-12(7-11)22-8-10-5-4-9(14(20)21)6-13(10)19/h1-7,19H,8H2,(H,20,21). The first-order valence-corrected chi connectivity index (χ1v) is 6.12. The minimum absolute atomic E-state index is 0.00321. The summed E-state index contributed by atoms with van der Waals surface area (Å²) in [5.41, 5.74) is -0.668. The van der Waals surface area contributed by atoms with Gasteiger partial charge in [-0.3, -0.25) is 0 Å². The smallest absolute Gasteiger partial charge is 0.416 e. The maximum atomic E-state index is 12.6. The van der Waals surface area contributed by atoms with E-state index in [1.54, 1.807) is 0 Å². The van der Waals surface area contributed by atoms with Crippen LogP contribution in [0, 0.1) is 0 Å². The number of hydrogen-bond acceptors (Lipinski definition) is 3. The number of hydrogen-bond donors (Lipinski definition) is 2. The Morgan fingerprint density at radius 3 is 2.45 bits per heavy atom. The third-order valence-electron chi connectivity index (χ3n) is 2.89. The van der Waals surface area contributed by atoms with Crippen LogP contribution in [0.3, 0.4) is 0 Å². The average Bonchev–Trinajstić information content (AvgIpc) is 2.45. The van der Waals surface area contributed by atoms with Gasteiger partial charge in [-0.1, -0.05) is 12.1 Å². The Labute approximate surface area is 123 Å². The van der Waals surface area contributed by atoms with E-state index in [9.17, 15) is 23.1 Å². The zero-order valence-electron chi connectivity index (χ0n) is 11.1. The van der Waals surface area contributed by atoms with E-state index in [-0.39, 0.29) is 29.2 Å².